The summed E-state index contributed by atoms with van der Waals surface area (Å²) < 4.78 is 0. The number of thiophene rings is 1. The average Bonchev–Trinajstić information content (AvgIpc) is 3.16. The summed E-state index contributed by atoms with van der Waals surface area (Å²) in [5, 5.41) is 14.5. The van der Waals surface area contributed by atoms with E-state index in [1.54, 1.807) is 17.4 Å². The molecule has 0 unspecified atom stereocenters. The molecule has 7 nitrogen and oxygen atoms in total. The molecular weight excluding hydrogens is 328 g/mol. The third kappa shape index (κ3) is 2.41. The summed E-state index contributed by atoms with van der Waals surface area (Å²) in [7, 11) is 0. The summed E-state index contributed by atoms with van der Waals surface area (Å²) in [5.41, 5.74) is 1.32. The van der Waals surface area contributed by atoms with Crippen molar-refractivity contribution in [2.45, 2.75) is 19.3 Å². The molecule has 1 aliphatic carbocycles. The summed E-state index contributed by atoms with van der Waals surface area (Å²) in [6, 6.07) is 5.64. The van der Waals surface area contributed by atoms with Gasteiger partial charge < -0.3 is 5.32 Å². The molecule has 0 fully saturated rings. The second kappa shape index (κ2) is 5.64. The molecule has 1 aromatic carbocycles. The maximum absolute atomic E-state index is 12.5. The van der Waals surface area contributed by atoms with Crippen LogP contribution >= 0.6 is 11.3 Å². The van der Waals surface area contributed by atoms with Crippen LogP contribution < -0.4 is 5.32 Å². The van der Waals surface area contributed by atoms with Crippen LogP contribution in [0.4, 0.5) is 11.5 Å². The van der Waals surface area contributed by atoms with E-state index in [0.29, 0.717) is 5.82 Å². The first kappa shape index (κ1) is 14.7. The molecule has 0 aliphatic heterocycles. The third-order valence-corrected chi connectivity index (χ3v) is 5.25. The van der Waals surface area contributed by atoms with E-state index in [4.69, 9.17) is 0 Å². The van der Waals surface area contributed by atoms with Gasteiger partial charge in [-0.25, -0.2) is 9.97 Å². The maximum Gasteiger partial charge on any atom is 0.270 e. The first-order valence-electron chi connectivity index (χ1n) is 7.44. The number of nitrogens with zero attached hydrogens (tertiary/aromatic N) is 3. The van der Waals surface area contributed by atoms with Gasteiger partial charge in [0.15, 0.2) is 0 Å². The Labute approximate surface area is 140 Å². The lowest BCUT2D eigenvalue weighted by Gasteiger charge is -2.06. The van der Waals surface area contributed by atoms with Crippen LogP contribution in [0.3, 0.4) is 0 Å². The van der Waals surface area contributed by atoms with E-state index in [2.05, 4.69) is 15.3 Å². The number of benzene rings is 1. The quantitative estimate of drug-likeness (QED) is 0.582. The molecule has 1 amide bonds. The Bertz CT molecular complexity index is 983. The van der Waals surface area contributed by atoms with Crippen molar-refractivity contribution >= 4 is 39.0 Å². The van der Waals surface area contributed by atoms with Crippen LogP contribution in [0, 0.1) is 10.1 Å². The summed E-state index contributed by atoms with van der Waals surface area (Å²) in [6.45, 7) is 0. The van der Waals surface area contributed by atoms with Crippen molar-refractivity contribution in [1.29, 1.82) is 0 Å². The number of fused-ring (bicyclic) bond motifs is 3. The molecule has 0 saturated heterocycles. The highest BCUT2D eigenvalue weighted by Gasteiger charge is 2.22. The number of aryl methyl sites for hydroxylation is 2. The number of rotatable bonds is 3. The standard InChI is InChI=1S/C16H12N4O3S/c21-15(9-3-1-4-10(7-9)20(22)23)19-14-13-11-5-2-6-12(11)24-16(13)18-8-17-14/h1,3-4,7-8H,2,5-6H2,(H,17,18,19,21). The minimum Gasteiger partial charge on any atom is -0.306 e. The van der Waals surface area contributed by atoms with Crippen LogP contribution in [0.2, 0.25) is 0 Å². The Balaban J connectivity index is 1.71. The van der Waals surface area contributed by atoms with Gasteiger partial charge in [-0.3, -0.25) is 14.9 Å². The fourth-order valence-corrected chi connectivity index (χ4v) is 4.19. The van der Waals surface area contributed by atoms with Gasteiger partial charge in [-0.2, -0.15) is 0 Å². The van der Waals surface area contributed by atoms with Gasteiger partial charge in [0.1, 0.15) is 17.0 Å². The highest BCUT2D eigenvalue weighted by molar-refractivity contribution is 7.19. The predicted octanol–water partition coefficient (Wildman–Crippen LogP) is 3.34. The number of nitro groups is 1. The first-order chi connectivity index (χ1) is 11.6. The Morgan fingerprint density at radius 1 is 1.29 bits per heavy atom. The van der Waals surface area contributed by atoms with Gasteiger partial charge in [0.05, 0.1) is 10.3 Å². The van der Waals surface area contributed by atoms with E-state index >= 15 is 0 Å². The number of anilines is 1. The van der Waals surface area contributed by atoms with Gasteiger partial charge in [-0.15, -0.1) is 11.3 Å². The molecule has 120 valence electrons. The van der Waals surface area contributed by atoms with Crippen LogP contribution in [0.25, 0.3) is 10.2 Å². The largest absolute Gasteiger partial charge is 0.306 e. The molecule has 0 saturated carbocycles. The summed E-state index contributed by atoms with van der Waals surface area (Å²) in [5.74, 6) is 0.0487. The lowest BCUT2D eigenvalue weighted by molar-refractivity contribution is -0.384. The number of non-ortho nitro benzene ring substituents is 1. The van der Waals surface area contributed by atoms with Gasteiger partial charge in [0.2, 0.25) is 0 Å². The highest BCUT2D eigenvalue weighted by Crippen LogP contribution is 2.39. The second-order valence-electron chi connectivity index (χ2n) is 5.52. The molecule has 2 heterocycles. The topological polar surface area (TPSA) is 98.0 Å². The third-order valence-electron chi connectivity index (χ3n) is 4.05. The smallest absolute Gasteiger partial charge is 0.270 e. The highest BCUT2D eigenvalue weighted by atomic mass is 32.1. The zero-order valence-corrected chi connectivity index (χ0v) is 13.3. The van der Waals surface area contributed by atoms with Crippen LogP contribution in [-0.4, -0.2) is 20.8 Å². The second-order valence-corrected chi connectivity index (χ2v) is 6.60. The lowest BCUT2D eigenvalue weighted by Crippen LogP contribution is -2.13. The number of aromatic nitrogens is 2. The molecule has 2 aromatic heterocycles. The van der Waals surface area contributed by atoms with Crippen molar-refractivity contribution < 1.29 is 9.72 Å². The fourth-order valence-electron chi connectivity index (χ4n) is 2.96. The van der Waals surface area contributed by atoms with Crippen LogP contribution in [0.1, 0.15) is 27.2 Å². The first-order valence-corrected chi connectivity index (χ1v) is 8.26. The number of nitrogens with one attached hydrogen (secondary N) is 1. The maximum atomic E-state index is 12.5. The van der Waals surface area contributed by atoms with E-state index < -0.39 is 10.8 Å². The zero-order valence-electron chi connectivity index (χ0n) is 12.5. The normalized spacial score (nSPS) is 13.0. The molecule has 3 aromatic rings. The minimum absolute atomic E-state index is 0.119. The molecule has 0 bridgehead atoms. The molecule has 8 heteroatoms. The van der Waals surface area contributed by atoms with Gasteiger partial charge in [-0.05, 0) is 30.9 Å². The zero-order chi connectivity index (χ0) is 16.7. The van der Waals surface area contributed by atoms with Gasteiger partial charge >= 0.3 is 0 Å². The molecule has 4 rings (SSSR count). The molecular formula is C16H12N4O3S. The molecule has 24 heavy (non-hydrogen) atoms. The van der Waals surface area contributed by atoms with E-state index in [1.165, 1.54) is 35.0 Å². The molecule has 1 N–H and O–H groups in total. The number of amides is 1. The van der Waals surface area contributed by atoms with Crippen LogP contribution in [0.5, 0.6) is 0 Å². The van der Waals surface area contributed by atoms with Crippen molar-refractivity contribution in [3.63, 3.8) is 0 Å². The van der Waals surface area contributed by atoms with Crippen molar-refractivity contribution in [2.24, 2.45) is 0 Å². The van der Waals surface area contributed by atoms with Crippen molar-refractivity contribution in [1.82, 2.24) is 9.97 Å². The van der Waals surface area contributed by atoms with Gasteiger partial charge in [-0.1, -0.05) is 6.07 Å². The SMILES string of the molecule is O=C(Nc1ncnc2sc3c(c12)CCC3)c1cccc([N+](=O)[O-])c1. The van der Waals surface area contributed by atoms with Crippen molar-refractivity contribution in [2.75, 3.05) is 5.32 Å². The molecule has 0 radical (unpaired) electrons. The average molecular weight is 340 g/mol. The number of carbonyl (C=O) groups excluding carboxylic acids is 1. The lowest BCUT2D eigenvalue weighted by atomic mass is 10.1. The fraction of sp³-hybridized carbons (Fsp3) is 0.188. The molecule has 0 atom stereocenters. The summed E-state index contributed by atoms with van der Waals surface area (Å²) >= 11 is 1.64. The molecule has 0 spiro atoms. The minimum atomic E-state index is -0.522. The van der Waals surface area contributed by atoms with Gasteiger partial charge in [0.25, 0.3) is 11.6 Å². The Morgan fingerprint density at radius 3 is 3.00 bits per heavy atom. The van der Waals surface area contributed by atoms with Crippen molar-refractivity contribution in [3.8, 4) is 0 Å². The Morgan fingerprint density at radius 2 is 2.17 bits per heavy atom. The summed E-state index contributed by atoms with van der Waals surface area (Å²) in [4.78, 5) is 33.5. The Hall–Kier alpha value is -2.87. The number of carbonyl (C=O) groups is 1. The van der Waals surface area contributed by atoms with Crippen LogP contribution in [0.15, 0.2) is 30.6 Å². The Kier molecular flexibility index (Phi) is 3.46. The van der Waals surface area contributed by atoms with Gasteiger partial charge in [0, 0.05) is 22.6 Å². The number of nitro benzene ring substituents is 1. The van der Waals surface area contributed by atoms with Crippen molar-refractivity contribution in [3.05, 3.63) is 56.7 Å². The number of hydrogen-bond donors (Lipinski definition) is 1. The molecule has 1 aliphatic rings. The van der Waals surface area contributed by atoms with E-state index in [0.717, 1.165) is 29.5 Å². The predicted molar refractivity (Wildman–Crippen MR) is 90.5 cm³/mol. The summed E-state index contributed by atoms with van der Waals surface area (Å²) in [6.07, 6.45) is 4.53. The van der Waals surface area contributed by atoms with E-state index in [1.807, 2.05) is 0 Å². The van der Waals surface area contributed by atoms with Crippen LogP contribution in [-0.2, 0) is 12.8 Å². The number of hydrogen-bond acceptors (Lipinski definition) is 6. The van der Waals surface area contributed by atoms with E-state index in [-0.39, 0.29) is 11.3 Å². The monoisotopic (exact) mass is 340 g/mol. The van der Waals surface area contributed by atoms with E-state index in [9.17, 15) is 14.9 Å².